The molecule has 2 saturated heterocycles. The van der Waals surface area contributed by atoms with E-state index in [0.717, 1.165) is 6.42 Å². The molecular weight excluding hydrogens is 344 g/mol. The summed E-state index contributed by atoms with van der Waals surface area (Å²) in [7, 11) is 0. The number of nitrogens with one attached hydrogen (secondary N) is 2. The highest BCUT2D eigenvalue weighted by Crippen LogP contribution is 2.57. The summed E-state index contributed by atoms with van der Waals surface area (Å²) in [6, 6.07) is 0. The zero-order valence-electron chi connectivity index (χ0n) is 13.9. The van der Waals surface area contributed by atoms with Gasteiger partial charge < -0.3 is 22.1 Å². The Labute approximate surface area is 152 Å². The summed E-state index contributed by atoms with van der Waals surface area (Å²) in [5, 5.41) is 6.08. The van der Waals surface area contributed by atoms with Crippen LogP contribution < -0.4 is 22.1 Å². The van der Waals surface area contributed by atoms with Crippen molar-refractivity contribution in [2.24, 2.45) is 47.0 Å². The smallest absolute Gasteiger partial charge is 0.238 e. The molecule has 2 heterocycles. The number of hydrogen-bond donors (Lipinski definition) is 4. The summed E-state index contributed by atoms with van der Waals surface area (Å²) in [4.78, 5) is 36.8. The number of primary amides is 2. The van der Waals surface area contributed by atoms with Crippen molar-refractivity contribution in [3.8, 4) is 0 Å². The van der Waals surface area contributed by atoms with Crippen LogP contribution in [0.3, 0.4) is 0 Å². The van der Waals surface area contributed by atoms with Crippen LogP contribution in [0, 0.1) is 35.5 Å². The highest BCUT2D eigenvalue weighted by Gasteiger charge is 2.65. The Morgan fingerprint density at radius 1 is 1.28 bits per heavy atom. The van der Waals surface area contributed by atoms with E-state index in [1.807, 2.05) is 0 Å². The third kappa shape index (κ3) is 2.47. The van der Waals surface area contributed by atoms with E-state index in [4.69, 9.17) is 11.5 Å². The van der Waals surface area contributed by atoms with E-state index in [0.29, 0.717) is 31.3 Å². The predicted octanol–water partition coefficient (Wildman–Crippen LogP) is -0.698. The van der Waals surface area contributed by atoms with Gasteiger partial charge >= 0.3 is 0 Å². The quantitative estimate of drug-likeness (QED) is 0.478. The minimum absolute atomic E-state index is 0. The van der Waals surface area contributed by atoms with Gasteiger partial charge in [0.2, 0.25) is 17.7 Å². The van der Waals surface area contributed by atoms with E-state index in [-0.39, 0.29) is 42.5 Å². The zero-order valence-corrected chi connectivity index (χ0v) is 14.8. The third-order valence-corrected chi connectivity index (χ3v) is 6.76. The molecule has 7 atom stereocenters. The molecule has 0 aromatic rings. The molecule has 1 saturated carbocycles. The molecule has 0 radical (unpaired) electrons. The van der Waals surface area contributed by atoms with Gasteiger partial charge in [0.15, 0.2) is 0 Å². The second kappa shape index (κ2) is 6.29. The summed E-state index contributed by atoms with van der Waals surface area (Å²) in [5.41, 5.74) is 10.4. The molecule has 3 amide bonds. The van der Waals surface area contributed by atoms with Crippen LogP contribution in [-0.2, 0) is 14.4 Å². The first-order valence-corrected chi connectivity index (χ1v) is 8.75. The molecule has 0 spiro atoms. The zero-order chi connectivity index (χ0) is 17.1. The number of rotatable bonds is 5. The first-order chi connectivity index (χ1) is 11.4. The molecule has 8 heteroatoms. The Morgan fingerprint density at radius 2 is 2.00 bits per heavy atom. The SMILES string of the molecule is Cl.NC(=O)[C@@H](C[C@H]1CCNC1=O)C1(C(N)=O)NCC2C3C=CC(C3)C21. The molecule has 0 aromatic heterocycles. The van der Waals surface area contributed by atoms with Crippen LogP contribution in [-0.4, -0.2) is 36.3 Å². The molecule has 4 rings (SSSR count). The molecule has 138 valence electrons. The van der Waals surface area contributed by atoms with Gasteiger partial charge in [0.1, 0.15) is 5.54 Å². The van der Waals surface area contributed by atoms with Gasteiger partial charge in [-0.3, -0.25) is 14.4 Å². The molecule has 25 heavy (non-hydrogen) atoms. The number of carbonyl (C=O) groups is 3. The number of hydrogen-bond acceptors (Lipinski definition) is 4. The summed E-state index contributed by atoms with van der Waals surface area (Å²) in [6.45, 7) is 1.27. The minimum atomic E-state index is -1.14. The lowest BCUT2D eigenvalue weighted by Gasteiger charge is -2.41. The monoisotopic (exact) mass is 368 g/mol. The van der Waals surface area contributed by atoms with Crippen molar-refractivity contribution in [1.82, 2.24) is 10.6 Å². The van der Waals surface area contributed by atoms with Crippen LogP contribution in [0.1, 0.15) is 19.3 Å². The lowest BCUT2D eigenvalue weighted by atomic mass is 9.65. The van der Waals surface area contributed by atoms with Crippen molar-refractivity contribution in [2.75, 3.05) is 13.1 Å². The number of carbonyl (C=O) groups excluding carboxylic acids is 3. The van der Waals surface area contributed by atoms with Gasteiger partial charge in [-0.05, 0) is 49.5 Å². The fourth-order valence-corrected chi connectivity index (χ4v) is 5.74. The summed E-state index contributed by atoms with van der Waals surface area (Å²) in [5.74, 6) is -1.17. The average Bonchev–Trinajstić information content (AvgIpc) is 3.27. The van der Waals surface area contributed by atoms with Gasteiger partial charge in [0, 0.05) is 12.5 Å². The Bertz CT molecular complexity index is 639. The molecular formula is C17H25ClN4O3. The minimum Gasteiger partial charge on any atom is -0.369 e. The van der Waals surface area contributed by atoms with Gasteiger partial charge in [0.25, 0.3) is 0 Å². The van der Waals surface area contributed by atoms with Crippen LogP contribution in [0.25, 0.3) is 0 Å². The predicted molar refractivity (Wildman–Crippen MR) is 93.3 cm³/mol. The Kier molecular flexibility index (Phi) is 4.58. The van der Waals surface area contributed by atoms with Crippen LogP contribution in [0.5, 0.6) is 0 Å². The van der Waals surface area contributed by atoms with E-state index >= 15 is 0 Å². The molecule has 2 aliphatic heterocycles. The molecule has 4 aliphatic rings. The van der Waals surface area contributed by atoms with E-state index in [9.17, 15) is 14.4 Å². The fourth-order valence-electron chi connectivity index (χ4n) is 5.74. The van der Waals surface area contributed by atoms with E-state index in [1.54, 1.807) is 0 Å². The van der Waals surface area contributed by atoms with Crippen LogP contribution in [0.2, 0.25) is 0 Å². The number of amides is 3. The molecule has 2 aliphatic carbocycles. The maximum absolute atomic E-state index is 12.6. The van der Waals surface area contributed by atoms with Gasteiger partial charge in [-0.1, -0.05) is 12.2 Å². The Balaban J connectivity index is 0.00000182. The van der Waals surface area contributed by atoms with Crippen molar-refractivity contribution in [3.05, 3.63) is 12.2 Å². The highest BCUT2D eigenvalue weighted by molar-refractivity contribution is 5.94. The summed E-state index contributed by atoms with van der Waals surface area (Å²) < 4.78 is 0. The fraction of sp³-hybridized carbons (Fsp3) is 0.706. The first-order valence-electron chi connectivity index (χ1n) is 8.75. The topological polar surface area (TPSA) is 127 Å². The van der Waals surface area contributed by atoms with Crippen LogP contribution >= 0.6 is 12.4 Å². The lowest BCUT2D eigenvalue weighted by Crippen LogP contribution is -2.65. The number of halogens is 1. The van der Waals surface area contributed by atoms with Crippen LogP contribution in [0.4, 0.5) is 0 Å². The second-order valence-electron chi connectivity index (χ2n) is 7.72. The normalized spacial score (nSPS) is 41.9. The van der Waals surface area contributed by atoms with Crippen LogP contribution in [0.15, 0.2) is 12.2 Å². The van der Waals surface area contributed by atoms with Gasteiger partial charge in [-0.2, -0.15) is 0 Å². The Hall–Kier alpha value is -1.60. The first kappa shape index (κ1) is 18.2. The van der Waals surface area contributed by atoms with E-state index in [1.165, 1.54) is 0 Å². The second-order valence-corrected chi connectivity index (χ2v) is 7.72. The molecule has 3 fully saturated rings. The molecule has 5 unspecified atom stereocenters. The standard InChI is InChI=1S/C17H24N4O3.ClH/c18-14(22)12(6-10-3-4-20-15(10)23)17(16(19)24)13-9-2-1-8(5-9)11(13)7-21-17;/h1-2,8-13,21H,3-7H2,(H2,18,22)(H2,19,24)(H,20,23);1H/t8?,9?,10-,11?,12-,13?,17?;/m1./s1. The third-order valence-electron chi connectivity index (χ3n) is 6.76. The van der Waals surface area contributed by atoms with E-state index < -0.39 is 23.3 Å². The number of allylic oxidation sites excluding steroid dienone is 2. The van der Waals surface area contributed by atoms with Crippen molar-refractivity contribution >= 4 is 30.1 Å². The average molecular weight is 369 g/mol. The number of fused-ring (bicyclic) bond motifs is 5. The van der Waals surface area contributed by atoms with Gasteiger partial charge in [0.05, 0.1) is 5.92 Å². The Morgan fingerprint density at radius 3 is 2.60 bits per heavy atom. The molecule has 2 bridgehead atoms. The molecule has 0 aromatic carbocycles. The lowest BCUT2D eigenvalue weighted by molar-refractivity contribution is -0.138. The van der Waals surface area contributed by atoms with Crippen molar-refractivity contribution in [1.29, 1.82) is 0 Å². The van der Waals surface area contributed by atoms with E-state index in [2.05, 4.69) is 22.8 Å². The maximum atomic E-state index is 12.6. The maximum Gasteiger partial charge on any atom is 0.238 e. The van der Waals surface area contributed by atoms with Crippen molar-refractivity contribution in [2.45, 2.75) is 24.8 Å². The highest BCUT2D eigenvalue weighted by atomic mass is 35.5. The van der Waals surface area contributed by atoms with Gasteiger partial charge in [-0.25, -0.2) is 0 Å². The largest absolute Gasteiger partial charge is 0.369 e. The summed E-state index contributed by atoms with van der Waals surface area (Å²) in [6.07, 6.45) is 6.32. The number of nitrogens with two attached hydrogens (primary N) is 2. The summed E-state index contributed by atoms with van der Waals surface area (Å²) >= 11 is 0. The molecule has 6 N–H and O–H groups in total. The molecule has 7 nitrogen and oxygen atoms in total. The van der Waals surface area contributed by atoms with Crippen molar-refractivity contribution < 1.29 is 14.4 Å². The van der Waals surface area contributed by atoms with Crippen molar-refractivity contribution in [3.63, 3.8) is 0 Å². The van der Waals surface area contributed by atoms with Gasteiger partial charge in [-0.15, -0.1) is 12.4 Å².